The summed E-state index contributed by atoms with van der Waals surface area (Å²) < 4.78 is 5.42. The van der Waals surface area contributed by atoms with E-state index in [4.69, 9.17) is 4.74 Å². The Hall–Kier alpha value is -1.49. The van der Waals surface area contributed by atoms with Crippen molar-refractivity contribution in [3.05, 3.63) is 53.9 Å². The zero-order chi connectivity index (χ0) is 13.1. The van der Waals surface area contributed by atoms with Gasteiger partial charge in [-0.15, -0.1) is 24.8 Å². The third kappa shape index (κ3) is 4.00. The molecule has 4 nitrogen and oxygen atoms in total. The number of ether oxygens (including phenoxy) is 1. The van der Waals surface area contributed by atoms with E-state index in [1.807, 2.05) is 24.3 Å². The van der Waals surface area contributed by atoms with Crippen LogP contribution in [0.5, 0.6) is 5.75 Å². The van der Waals surface area contributed by atoms with Crippen LogP contribution < -0.4 is 10.2 Å². The van der Waals surface area contributed by atoms with Gasteiger partial charge in [0.25, 0.3) is 0 Å². The van der Waals surface area contributed by atoms with E-state index >= 15 is 0 Å². The normalized spacial score (nSPS) is 13.4. The SMILES string of the molecule is COc1cccc2c1CCN(Nc1ccncc1)C2.Cl.Cl. The van der Waals surface area contributed by atoms with Gasteiger partial charge in [0.05, 0.1) is 12.8 Å². The maximum Gasteiger partial charge on any atom is 0.122 e. The van der Waals surface area contributed by atoms with Gasteiger partial charge >= 0.3 is 0 Å². The van der Waals surface area contributed by atoms with Crippen LogP contribution in [0, 0.1) is 0 Å². The molecule has 1 N–H and O–H groups in total. The van der Waals surface area contributed by atoms with Crippen molar-refractivity contribution in [3.8, 4) is 5.75 Å². The van der Waals surface area contributed by atoms with Gasteiger partial charge in [-0.05, 0) is 30.2 Å². The van der Waals surface area contributed by atoms with Crippen molar-refractivity contribution in [3.63, 3.8) is 0 Å². The second-order valence-electron chi connectivity index (χ2n) is 4.62. The van der Waals surface area contributed by atoms with Crippen molar-refractivity contribution in [2.45, 2.75) is 13.0 Å². The number of pyridine rings is 1. The van der Waals surface area contributed by atoms with Gasteiger partial charge in [0.15, 0.2) is 0 Å². The molecule has 0 atom stereocenters. The minimum atomic E-state index is 0. The summed E-state index contributed by atoms with van der Waals surface area (Å²) in [4.78, 5) is 4.02. The number of hydrazine groups is 1. The van der Waals surface area contributed by atoms with Crippen LogP contribution in [0.4, 0.5) is 5.69 Å². The standard InChI is InChI=1S/C15H17N3O.2ClH/c1-19-15-4-2-3-12-11-18(10-7-14(12)15)17-13-5-8-16-9-6-13;;/h2-6,8-9H,7,10-11H2,1H3,(H,16,17);2*1H. The van der Waals surface area contributed by atoms with Crippen LogP contribution in [-0.2, 0) is 13.0 Å². The summed E-state index contributed by atoms with van der Waals surface area (Å²) in [6.07, 6.45) is 4.59. The van der Waals surface area contributed by atoms with Gasteiger partial charge in [0, 0.05) is 31.0 Å². The Morgan fingerprint density at radius 1 is 1.14 bits per heavy atom. The first-order chi connectivity index (χ1) is 9.36. The number of rotatable bonds is 3. The molecule has 2 heterocycles. The molecule has 0 radical (unpaired) electrons. The molecule has 2 aromatic rings. The van der Waals surface area contributed by atoms with Crippen LogP contribution in [0.3, 0.4) is 0 Å². The van der Waals surface area contributed by atoms with Gasteiger partial charge < -0.3 is 10.2 Å². The summed E-state index contributed by atoms with van der Waals surface area (Å²) in [5.41, 5.74) is 7.14. The smallest absolute Gasteiger partial charge is 0.122 e. The number of nitrogens with zero attached hydrogens (tertiary/aromatic N) is 2. The first-order valence-corrected chi connectivity index (χ1v) is 6.43. The minimum Gasteiger partial charge on any atom is -0.496 e. The Morgan fingerprint density at radius 3 is 2.62 bits per heavy atom. The van der Waals surface area contributed by atoms with Crippen LogP contribution in [0.25, 0.3) is 0 Å². The number of aromatic nitrogens is 1. The summed E-state index contributed by atoms with van der Waals surface area (Å²) in [5.74, 6) is 1.00. The molecule has 114 valence electrons. The summed E-state index contributed by atoms with van der Waals surface area (Å²) >= 11 is 0. The van der Waals surface area contributed by atoms with Gasteiger partial charge in [0.1, 0.15) is 5.75 Å². The lowest BCUT2D eigenvalue weighted by Crippen LogP contribution is -2.35. The fourth-order valence-electron chi connectivity index (χ4n) is 2.47. The predicted octanol–water partition coefficient (Wildman–Crippen LogP) is 3.32. The number of hydrogen-bond acceptors (Lipinski definition) is 4. The zero-order valence-electron chi connectivity index (χ0n) is 11.8. The molecule has 6 heteroatoms. The number of nitrogens with one attached hydrogen (secondary N) is 1. The lowest BCUT2D eigenvalue weighted by atomic mass is 10.00. The topological polar surface area (TPSA) is 37.4 Å². The Balaban J connectivity index is 0.00000110. The number of halogens is 2. The minimum absolute atomic E-state index is 0. The fourth-order valence-corrected chi connectivity index (χ4v) is 2.47. The quantitative estimate of drug-likeness (QED) is 0.938. The van der Waals surface area contributed by atoms with Crippen molar-refractivity contribution in [1.29, 1.82) is 0 Å². The van der Waals surface area contributed by atoms with Gasteiger partial charge in [0.2, 0.25) is 0 Å². The third-order valence-electron chi connectivity index (χ3n) is 3.41. The van der Waals surface area contributed by atoms with Gasteiger partial charge in [-0.25, -0.2) is 5.01 Å². The van der Waals surface area contributed by atoms with Gasteiger partial charge in [-0.3, -0.25) is 4.98 Å². The summed E-state index contributed by atoms with van der Waals surface area (Å²) in [6.45, 7) is 1.85. The number of benzene rings is 1. The van der Waals surface area contributed by atoms with Crippen LogP contribution in [0.2, 0.25) is 0 Å². The number of methoxy groups -OCH3 is 1. The molecule has 3 rings (SSSR count). The first-order valence-electron chi connectivity index (χ1n) is 6.43. The van der Waals surface area contributed by atoms with E-state index in [-0.39, 0.29) is 24.8 Å². The van der Waals surface area contributed by atoms with Gasteiger partial charge in [-0.2, -0.15) is 0 Å². The number of anilines is 1. The molecule has 0 bridgehead atoms. The summed E-state index contributed by atoms with van der Waals surface area (Å²) in [6, 6.07) is 10.2. The van der Waals surface area contributed by atoms with E-state index in [1.54, 1.807) is 19.5 Å². The van der Waals surface area contributed by atoms with E-state index in [1.165, 1.54) is 11.1 Å². The Bertz CT molecular complexity index is 566. The molecule has 1 aliphatic heterocycles. The molecule has 21 heavy (non-hydrogen) atoms. The summed E-state index contributed by atoms with van der Waals surface area (Å²) in [5, 5.41) is 2.22. The van der Waals surface area contributed by atoms with Crippen molar-refractivity contribution in [2.75, 3.05) is 19.1 Å². The molecular formula is C15H19Cl2N3O. The molecule has 0 aliphatic carbocycles. The van der Waals surface area contributed by atoms with Gasteiger partial charge in [-0.1, -0.05) is 12.1 Å². The highest BCUT2D eigenvalue weighted by Gasteiger charge is 2.18. The molecule has 1 aliphatic rings. The number of fused-ring (bicyclic) bond motifs is 1. The van der Waals surface area contributed by atoms with Crippen molar-refractivity contribution >= 4 is 30.5 Å². The van der Waals surface area contributed by atoms with E-state index < -0.39 is 0 Å². The molecular weight excluding hydrogens is 309 g/mol. The molecule has 0 amide bonds. The monoisotopic (exact) mass is 327 g/mol. The fraction of sp³-hybridized carbons (Fsp3) is 0.267. The van der Waals surface area contributed by atoms with E-state index in [0.29, 0.717) is 0 Å². The highest BCUT2D eigenvalue weighted by Crippen LogP contribution is 2.27. The van der Waals surface area contributed by atoms with E-state index in [2.05, 4.69) is 21.5 Å². The molecule has 0 saturated heterocycles. The highest BCUT2D eigenvalue weighted by molar-refractivity contribution is 5.85. The maximum atomic E-state index is 5.42. The second kappa shape index (κ2) is 8.08. The molecule has 1 aromatic heterocycles. The van der Waals surface area contributed by atoms with Crippen LogP contribution in [-0.4, -0.2) is 23.6 Å². The molecule has 0 unspecified atom stereocenters. The van der Waals surface area contributed by atoms with Crippen LogP contribution >= 0.6 is 24.8 Å². The largest absolute Gasteiger partial charge is 0.496 e. The zero-order valence-corrected chi connectivity index (χ0v) is 13.4. The highest BCUT2D eigenvalue weighted by atomic mass is 35.5. The van der Waals surface area contributed by atoms with Crippen molar-refractivity contribution < 1.29 is 4.74 Å². The van der Waals surface area contributed by atoms with E-state index in [0.717, 1.165) is 30.9 Å². The Labute approximate surface area is 137 Å². The van der Waals surface area contributed by atoms with Crippen LogP contribution in [0.1, 0.15) is 11.1 Å². The predicted molar refractivity (Wildman–Crippen MR) is 89.5 cm³/mol. The molecule has 0 saturated carbocycles. The lowest BCUT2D eigenvalue weighted by Gasteiger charge is -2.30. The number of hydrogen-bond donors (Lipinski definition) is 1. The Kier molecular flexibility index (Phi) is 6.75. The second-order valence-corrected chi connectivity index (χ2v) is 4.62. The van der Waals surface area contributed by atoms with Crippen LogP contribution in [0.15, 0.2) is 42.7 Å². The average Bonchev–Trinajstić information content (AvgIpc) is 2.47. The maximum absolute atomic E-state index is 5.42. The average molecular weight is 328 g/mol. The molecule has 0 fully saturated rings. The molecule has 1 aromatic carbocycles. The van der Waals surface area contributed by atoms with Crippen molar-refractivity contribution in [2.24, 2.45) is 0 Å². The lowest BCUT2D eigenvalue weighted by molar-refractivity contribution is 0.302. The van der Waals surface area contributed by atoms with E-state index in [9.17, 15) is 0 Å². The Morgan fingerprint density at radius 2 is 1.90 bits per heavy atom. The van der Waals surface area contributed by atoms with Crippen molar-refractivity contribution in [1.82, 2.24) is 9.99 Å². The summed E-state index contributed by atoms with van der Waals surface area (Å²) in [7, 11) is 1.73. The first kappa shape index (κ1) is 17.6. The third-order valence-corrected chi connectivity index (χ3v) is 3.41. The molecule has 0 spiro atoms.